The molecule has 0 aliphatic rings. The molecular formula is C14H22FN3O3S. The van der Waals surface area contributed by atoms with Crippen molar-refractivity contribution in [3.8, 4) is 0 Å². The molecule has 0 radical (unpaired) electrons. The van der Waals surface area contributed by atoms with E-state index < -0.39 is 27.5 Å². The molecule has 0 saturated carbocycles. The first kappa shape index (κ1) is 18.4. The third-order valence-corrected chi connectivity index (χ3v) is 4.48. The van der Waals surface area contributed by atoms with Gasteiger partial charge >= 0.3 is 10.2 Å². The number of nitrogens with zero attached hydrogens (tertiary/aromatic N) is 2. The number of hydrogen-bond donors (Lipinski definition) is 1. The number of hydrogen-bond acceptors (Lipinski definition) is 3. The largest absolute Gasteiger partial charge is 0.350 e. The molecule has 0 spiro atoms. The molecule has 1 amide bonds. The molecular weight excluding hydrogens is 309 g/mol. The van der Waals surface area contributed by atoms with E-state index in [0.717, 1.165) is 20.7 Å². The zero-order valence-corrected chi connectivity index (χ0v) is 14.2. The van der Waals surface area contributed by atoms with Gasteiger partial charge in [-0.1, -0.05) is 0 Å². The van der Waals surface area contributed by atoms with Gasteiger partial charge in [-0.2, -0.15) is 12.7 Å². The molecule has 0 atom stereocenters. The Kier molecular flexibility index (Phi) is 5.53. The Morgan fingerprint density at radius 1 is 1.18 bits per heavy atom. The highest BCUT2D eigenvalue weighted by atomic mass is 32.2. The van der Waals surface area contributed by atoms with Crippen molar-refractivity contribution in [3.63, 3.8) is 0 Å². The third kappa shape index (κ3) is 4.96. The first-order valence-corrected chi connectivity index (χ1v) is 8.10. The van der Waals surface area contributed by atoms with Gasteiger partial charge in [0.15, 0.2) is 0 Å². The van der Waals surface area contributed by atoms with Crippen LogP contribution in [0.1, 0.15) is 20.8 Å². The Labute approximate surface area is 131 Å². The van der Waals surface area contributed by atoms with Gasteiger partial charge in [-0.3, -0.25) is 4.79 Å². The summed E-state index contributed by atoms with van der Waals surface area (Å²) in [7, 11) is -1.14. The minimum absolute atomic E-state index is 0.221. The number of nitrogens with one attached hydrogen (secondary N) is 1. The van der Waals surface area contributed by atoms with Crippen LogP contribution in [0.4, 0.5) is 10.1 Å². The van der Waals surface area contributed by atoms with Gasteiger partial charge in [-0.05, 0) is 45.0 Å². The molecule has 8 heteroatoms. The lowest BCUT2D eigenvalue weighted by Crippen LogP contribution is -2.49. The molecule has 22 heavy (non-hydrogen) atoms. The predicted molar refractivity (Wildman–Crippen MR) is 84.2 cm³/mol. The molecule has 1 aromatic carbocycles. The number of anilines is 1. The molecule has 1 aromatic rings. The maximum absolute atomic E-state index is 13.0. The SMILES string of the molecule is CN(C)S(=O)(=O)N(CC(=O)NC(C)(C)C)c1ccc(F)cc1. The van der Waals surface area contributed by atoms with Crippen LogP contribution in [0.15, 0.2) is 24.3 Å². The van der Waals surface area contributed by atoms with Crippen LogP contribution in [0.3, 0.4) is 0 Å². The Bertz CT molecular complexity index is 622. The molecule has 6 nitrogen and oxygen atoms in total. The van der Waals surface area contributed by atoms with E-state index in [1.807, 2.05) is 0 Å². The molecule has 1 rings (SSSR count). The second-order valence-electron chi connectivity index (χ2n) is 6.07. The molecule has 124 valence electrons. The summed E-state index contributed by atoms with van der Waals surface area (Å²) in [6.45, 7) is 5.01. The smallest absolute Gasteiger partial charge is 0.304 e. The molecule has 1 N–H and O–H groups in total. The Hall–Kier alpha value is -1.67. The summed E-state index contributed by atoms with van der Waals surface area (Å²) in [6.07, 6.45) is 0. The molecule has 0 aliphatic heterocycles. The number of rotatable bonds is 5. The molecule has 0 saturated heterocycles. The maximum Gasteiger partial charge on any atom is 0.304 e. The van der Waals surface area contributed by atoms with Crippen LogP contribution in [0, 0.1) is 5.82 Å². The first-order valence-electron chi connectivity index (χ1n) is 6.70. The third-order valence-electron chi connectivity index (χ3n) is 2.66. The summed E-state index contributed by atoms with van der Waals surface area (Å²) in [6, 6.07) is 4.94. The van der Waals surface area contributed by atoms with E-state index >= 15 is 0 Å². The molecule has 0 bridgehead atoms. The van der Waals surface area contributed by atoms with Crippen molar-refractivity contribution in [2.24, 2.45) is 0 Å². The van der Waals surface area contributed by atoms with E-state index in [1.54, 1.807) is 20.8 Å². The number of halogens is 1. The van der Waals surface area contributed by atoms with Gasteiger partial charge in [0.05, 0.1) is 5.69 Å². The Morgan fingerprint density at radius 2 is 1.68 bits per heavy atom. The number of benzene rings is 1. The average Bonchev–Trinajstić information content (AvgIpc) is 2.34. The second-order valence-corrected chi connectivity index (χ2v) is 8.14. The van der Waals surface area contributed by atoms with Crippen LogP contribution in [-0.2, 0) is 15.0 Å². The van der Waals surface area contributed by atoms with Gasteiger partial charge in [0, 0.05) is 19.6 Å². The van der Waals surface area contributed by atoms with E-state index in [9.17, 15) is 17.6 Å². The van der Waals surface area contributed by atoms with Crippen molar-refractivity contribution in [1.29, 1.82) is 0 Å². The number of carbonyl (C=O) groups excluding carboxylic acids is 1. The predicted octanol–water partition coefficient (Wildman–Crippen LogP) is 1.35. The molecule has 0 aromatic heterocycles. The standard InChI is InChI=1S/C14H22FN3O3S/c1-14(2,3)16-13(19)10-18(22(20,21)17(4)5)12-8-6-11(15)7-9-12/h6-9H,10H2,1-5H3,(H,16,19). The lowest BCUT2D eigenvalue weighted by Gasteiger charge is -2.28. The Morgan fingerprint density at radius 3 is 2.09 bits per heavy atom. The first-order chi connectivity index (χ1) is 9.93. The van der Waals surface area contributed by atoms with Gasteiger partial charge < -0.3 is 5.32 Å². The van der Waals surface area contributed by atoms with Crippen LogP contribution in [0.25, 0.3) is 0 Å². The molecule has 0 unspecified atom stereocenters. The highest BCUT2D eigenvalue weighted by Gasteiger charge is 2.28. The summed E-state index contributed by atoms with van der Waals surface area (Å²) in [5.74, 6) is -0.924. The van der Waals surface area contributed by atoms with Crippen molar-refractivity contribution in [2.45, 2.75) is 26.3 Å². The number of amides is 1. The van der Waals surface area contributed by atoms with Crippen LogP contribution in [0.5, 0.6) is 0 Å². The monoisotopic (exact) mass is 331 g/mol. The summed E-state index contributed by atoms with van der Waals surface area (Å²) in [5.41, 5.74) is -0.257. The quantitative estimate of drug-likeness (QED) is 0.885. The van der Waals surface area contributed by atoms with Gasteiger partial charge in [-0.15, -0.1) is 0 Å². The minimum atomic E-state index is -3.87. The summed E-state index contributed by atoms with van der Waals surface area (Å²) in [5, 5.41) is 2.70. The van der Waals surface area contributed by atoms with Gasteiger partial charge in [-0.25, -0.2) is 8.70 Å². The number of carbonyl (C=O) groups is 1. The highest BCUT2D eigenvalue weighted by Crippen LogP contribution is 2.19. The van der Waals surface area contributed by atoms with Gasteiger partial charge in [0.1, 0.15) is 12.4 Å². The van der Waals surface area contributed by atoms with E-state index in [0.29, 0.717) is 0 Å². The summed E-state index contributed by atoms with van der Waals surface area (Å²) in [4.78, 5) is 12.1. The van der Waals surface area contributed by atoms with Crippen molar-refractivity contribution in [1.82, 2.24) is 9.62 Å². The minimum Gasteiger partial charge on any atom is -0.350 e. The van der Waals surface area contributed by atoms with Gasteiger partial charge in [0.2, 0.25) is 5.91 Å². The van der Waals surface area contributed by atoms with E-state index in [1.165, 1.54) is 26.2 Å². The fourth-order valence-corrected chi connectivity index (χ4v) is 2.76. The second kappa shape index (κ2) is 6.62. The molecule has 0 fully saturated rings. The fourth-order valence-electron chi connectivity index (χ4n) is 1.70. The Balaban J connectivity index is 3.13. The van der Waals surface area contributed by atoms with Crippen molar-refractivity contribution in [3.05, 3.63) is 30.1 Å². The van der Waals surface area contributed by atoms with Crippen LogP contribution in [-0.4, -0.2) is 44.8 Å². The van der Waals surface area contributed by atoms with Crippen LogP contribution < -0.4 is 9.62 Å². The van der Waals surface area contributed by atoms with Crippen molar-refractivity contribution in [2.75, 3.05) is 24.9 Å². The van der Waals surface area contributed by atoms with E-state index in [2.05, 4.69) is 5.32 Å². The molecule has 0 aliphatic carbocycles. The van der Waals surface area contributed by atoms with E-state index in [4.69, 9.17) is 0 Å². The average molecular weight is 331 g/mol. The zero-order valence-electron chi connectivity index (χ0n) is 13.4. The highest BCUT2D eigenvalue weighted by molar-refractivity contribution is 7.90. The lowest BCUT2D eigenvalue weighted by atomic mass is 10.1. The maximum atomic E-state index is 13.0. The normalized spacial score (nSPS) is 12.3. The molecule has 0 heterocycles. The lowest BCUT2D eigenvalue weighted by molar-refractivity contribution is -0.121. The fraction of sp³-hybridized carbons (Fsp3) is 0.500. The summed E-state index contributed by atoms with van der Waals surface area (Å²) < 4.78 is 39.8. The summed E-state index contributed by atoms with van der Waals surface area (Å²) >= 11 is 0. The van der Waals surface area contributed by atoms with Crippen LogP contribution >= 0.6 is 0 Å². The van der Waals surface area contributed by atoms with E-state index in [-0.39, 0.29) is 12.2 Å². The zero-order chi connectivity index (χ0) is 17.1. The van der Waals surface area contributed by atoms with Crippen molar-refractivity contribution >= 4 is 21.8 Å². The topological polar surface area (TPSA) is 69.7 Å². The van der Waals surface area contributed by atoms with Crippen molar-refractivity contribution < 1.29 is 17.6 Å². The van der Waals surface area contributed by atoms with Gasteiger partial charge in [0.25, 0.3) is 0 Å². The van der Waals surface area contributed by atoms with Crippen LogP contribution in [0.2, 0.25) is 0 Å².